The number of thiophene rings is 1. The normalized spacial score (nSPS) is 16.5. The van der Waals surface area contributed by atoms with Gasteiger partial charge in [0.2, 0.25) is 0 Å². The van der Waals surface area contributed by atoms with Crippen LogP contribution in [-0.2, 0) is 19.6 Å². The maximum atomic E-state index is 13.7. The fraction of sp³-hybridized carbons (Fsp3) is 0.208. The van der Waals surface area contributed by atoms with E-state index in [1.807, 2.05) is 0 Å². The molecule has 12 nitrogen and oxygen atoms in total. The molecule has 1 fully saturated rings. The van der Waals surface area contributed by atoms with Crippen LogP contribution in [0.1, 0.15) is 28.4 Å². The summed E-state index contributed by atoms with van der Waals surface area (Å²) in [6.45, 7) is -0.317. The van der Waals surface area contributed by atoms with Crippen molar-refractivity contribution in [1.29, 1.82) is 0 Å². The fourth-order valence-corrected chi connectivity index (χ4v) is 6.95. The van der Waals surface area contributed by atoms with Crippen molar-refractivity contribution in [2.24, 2.45) is 0 Å². The average Bonchev–Trinajstić information content (AvgIpc) is 3.60. The van der Waals surface area contributed by atoms with Gasteiger partial charge in [0, 0.05) is 35.8 Å². The number of nitrogens with zero attached hydrogens (tertiary/aromatic N) is 3. The third-order valence-electron chi connectivity index (χ3n) is 5.95. The minimum Gasteiger partial charge on any atom is -0.481 e. The number of hydrogen-bond donors (Lipinski definition) is 2. The SMILES string of the molecule is O=C(O)CC(NC(=O)C1N(C(=O)c2ccc(Cl)cc2)CCN1S(=O)(=O)c1cccs1)c1cccc([N+](=O)[O-])c1. The van der Waals surface area contributed by atoms with Crippen molar-refractivity contribution in [3.05, 3.63) is 92.3 Å². The molecule has 0 aliphatic carbocycles. The Kier molecular flexibility index (Phi) is 8.30. The molecule has 0 bridgehead atoms. The summed E-state index contributed by atoms with van der Waals surface area (Å²) >= 11 is 6.86. The maximum Gasteiger partial charge on any atom is 0.305 e. The number of nitrogens with one attached hydrogen (secondary N) is 1. The highest BCUT2D eigenvalue weighted by molar-refractivity contribution is 7.91. The lowest BCUT2D eigenvalue weighted by Gasteiger charge is -2.30. The molecule has 1 aromatic heterocycles. The predicted molar refractivity (Wildman–Crippen MR) is 141 cm³/mol. The van der Waals surface area contributed by atoms with Crippen molar-refractivity contribution in [1.82, 2.24) is 14.5 Å². The Morgan fingerprint density at radius 3 is 2.46 bits per heavy atom. The van der Waals surface area contributed by atoms with Gasteiger partial charge in [-0.3, -0.25) is 24.5 Å². The maximum absolute atomic E-state index is 13.7. The zero-order chi connectivity index (χ0) is 28.3. The van der Waals surface area contributed by atoms with E-state index < -0.39 is 51.4 Å². The number of non-ortho nitro benzene ring substituents is 1. The smallest absolute Gasteiger partial charge is 0.305 e. The molecule has 3 aromatic rings. The molecule has 1 saturated heterocycles. The van der Waals surface area contributed by atoms with E-state index in [0.29, 0.717) is 5.02 Å². The second-order valence-electron chi connectivity index (χ2n) is 8.44. The molecule has 0 saturated carbocycles. The van der Waals surface area contributed by atoms with Crippen molar-refractivity contribution in [3.63, 3.8) is 0 Å². The highest BCUT2D eigenvalue weighted by Crippen LogP contribution is 2.30. The Morgan fingerprint density at radius 1 is 1.13 bits per heavy atom. The molecule has 15 heteroatoms. The summed E-state index contributed by atoms with van der Waals surface area (Å²) in [5.74, 6) is -2.91. The molecule has 4 rings (SSSR count). The van der Waals surface area contributed by atoms with Crippen molar-refractivity contribution in [2.45, 2.75) is 22.8 Å². The number of amides is 2. The Labute approximate surface area is 231 Å². The zero-order valence-electron chi connectivity index (χ0n) is 20.0. The first-order valence-electron chi connectivity index (χ1n) is 11.4. The van der Waals surface area contributed by atoms with Crippen LogP contribution in [0.4, 0.5) is 5.69 Å². The number of carbonyl (C=O) groups is 3. The lowest BCUT2D eigenvalue weighted by molar-refractivity contribution is -0.384. The Morgan fingerprint density at radius 2 is 1.85 bits per heavy atom. The van der Waals surface area contributed by atoms with E-state index in [0.717, 1.165) is 26.6 Å². The number of rotatable bonds is 9. The van der Waals surface area contributed by atoms with Crippen molar-refractivity contribution in [2.75, 3.05) is 13.1 Å². The van der Waals surface area contributed by atoms with E-state index in [9.17, 15) is 38.0 Å². The van der Waals surface area contributed by atoms with Gasteiger partial charge in [-0.15, -0.1) is 11.3 Å². The molecule has 204 valence electrons. The number of sulfonamides is 1. The van der Waals surface area contributed by atoms with Crippen molar-refractivity contribution < 1.29 is 32.8 Å². The quantitative estimate of drug-likeness (QED) is 0.282. The number of halogens is 1. The van der Waals surface area contributed by atoms with Crippen LogP contribution in [0, 0.1) is 10.1 Å². The number of aliphatic carboxylic acids is 1. The summed E-state index contributed by atoms with van der Waals surface area (Å²) in [5, 5.41) is 25.1. The molecule has 1 aliphatic rings. The van der Waals surface area contributed by atoms with Crippen molar-refractivity contribution in [3.8, 4) is 0 Å². The summed E-state index contributed by atoms with van der Waals surface area (Å²) in [6, 6.07) is 12.6. The predicted octanol–water partition coefficient (Wildman–Crippen LogP) is 3.11. The zero-order valence-corrected chi connectivity index (χ0v) is 22.4. The molecule has 2 heterocycles. The molecule has 2 N–H and O–H groups in total. The number of nitro groups is 1. The lowest BCUT2D eigenvalue weighted by Crippen LogP contribution is -2.54. The van der Waals surface area contributed by atoms with Gasteiger partial charge in [-0.25, -0.2) is 8.42 Å². The molecule has 2 aromatic carbocycles. The summed E-state index contributed by atoms with van der Waals surface area (Å²) in [4.78, 5) is 50.4. The molecule has 0 spiro atoms. The lowest BCUT2D eigenvalue weighted by atomic mass is 10.0. The van der Waals surface area contributed by atoms with E-state index in [4.69, 9.17) is 11.6 Å². The number of nitro benzene ring substituents is 1. The largest absolute Gasteiger partial charge is 0.481 e. The van der Waals surface area contributed by atoms with Gasteiger partial charge in [0.15, 0.2) is 6.17 Å². The van der Waals surface area contributed by atoms with Gasteiger partial charge in [0.1, 0.15) is 4.21 Å². The summed E-state index contributed by atoms with van der Waals surface area (Å²) in [6.07, 6.45) is -2.31. The van der Waals surface area contributed by atoms with Crippen LogP contribution in [-0.4, -0.2) is 64.7 Å². The number of carbonyl (C=O) groups excluding carboxylic acids is 2. The third-order valence-corrected chi connectivity index (χ3v) is 9.43. The van der Waals surface area contributed by atoms with Crippen LogP contribution in [0.25, 0.3) is 0 Å². The summed E-state index contributed by atoms with van der Waals surface area (Å²) in [5.41, 5.74) is -0.0334. The number of benzene rings is 2. The first-order chi connectivity index (χ1) is 18.5. The van der Waals surface area contributed by atoms with E-state index in [2.05, 4.69) is 5.32 Å². The van der Waals surface area contributed by atoms with Crippen LogP contribution in [0.2, 0.25) is 5.02 Å². The Balaban J connectivity index is 1.72. The van der Waals surface area contributed by atoms with Gasteiger partial charge in [0.05, 0.1) is 17.4 Å². The molecular formula is C24H21ClN4O8S2. The minimum absolute atomic E-state index is 0.0399. The summed E-state index contributed by atoms with van der Waals surface area (Å²) in [7, 11) is -4.22. The minimum atomic E-state index is -4.22. The van der Waals surface area contributed by atoms with Gasteiger partial charge >= 0.3 is 5.97 Å². The molecule has 2 atom stereocenters. The third kappa shape index (κ3) is 6.09. The molecule has 2 unspecified atom stereocenters. The molecule has 39 heavy (non-hydrogen) atoms. The fourth-order valence-electron chi connectivity index (χ4n) is 4.16. The van der Waals surface area contributed by atoms with Crippen LogP contribution in [0.5, 0.6) is 0 Å². The van der Waals surface area contributed by atoms with Crippen molar-refractivity contribution >= 4 is 56.4 Å². The van der Waals surface area contributed by atoms with Gasteiger partial charge in [-0.1, -0.05) is 29.8 Å². The Hall–Kier alpha value is -3.85. The van der Waals surface area contributed by atoms with Gasteiger partial charge in [0.25, 0.3) is 27.5 Å². The van der Waals surface area contributed by atoms with E-state index >= 15 is 0 Å². The molecule has 2 amide bonds. The second kappa shape index (κ2) is 11.5. The standard InChI is InChI=1S/C24H21ClN4O8S2/c25-17-8-6-15(7-9-17)24(33)27-10-11-28(39(36,37)21-5-2-12-38-21)23(27)22(32)26-19(14-20(30)31)16-3-1-4-18(13-16)29(34)35/h1-9,12-13,19,23H,10-11,14H2,(H,26,32)(H,30,31). The number of carboxylic acids is 1. The topological polar surface area (TPSA) is 167 Å². The van der Waals surface area contributed by atoms with E-state index in [-0.39, 0.29) is 34.1 Å². The number of carboxylic acid groups (broad SMARTS) is 1. The first-order valence-corrected chi connectivity index (χ1v) is 14.1. The first kappa shape index (κ1) is 28.2. The molecule has 1 aliphatic heterocycles. The van der Waals surface area contributed by atoms with E-state index in [1.54, 1.807) is 5.38 Å². The van der Waals surface area contributed by atoms with Gasteiger partial charge in [-0.05, 0) is 41.3 Å². The van der Waals surface area contributed by atoms with Gasteiger partial charge < -0.3 is 15.3 Å². The summed E-state index contributed by atoms with van der Waals surface area (Å²) < 4.78 is 27.7. The number of hydrogen-bond acceptors (Lipinski definition) is 8. The molecular weight excluding hydrogens is 572 g/mol. The van der Waals surface area contributed by atoms with E-state index in [1.165, 1.54) is 54.6 Å². The van der Waals surface area contributed by atoms with Crippen LogP contribution >= 0.6 is 22.9 Å². The monoisotopic (exact) mass is 592 g/mol. The highest BCUT2D eigenvalue weighted by atomic mass is 35.5. The van der Waals surface area contributed by atoms with Crippen LogP contribution in [0.3, 0.4) is 0 Å². The van der Waals surface area contributed by atoms with Crippen LogP contribution in [0.15, 0.2) is 70.3 Å². The Bertz CT molecular complexity index is 1510. The molecule has 0 radical (unpaired) electrons. The highest BCUT2D eigenvalue weighted by Gasteiger charge is 2.47. The van der Waals surface area contributed by atoms with Gasteiger partial charge in [-0.2, -0.15) is 4.31 Å². The average molecular weight is 593 g/mol. The van der Waals surface area contributed by atoms with Crippen LogP contribution < -0.4 is 5.32 Å². The second-order valence-corrected chi connectivity index (χ2v) is 11.9.